The number of fused-ring (bicyclic) bond motifs is 1. The molecule has 1 aromatic carbocycles. The Kier molecular flexibility index (Phi) is 4.09. The summed E-state index contributed by atoms with van der Waals surface area (Å²) in [6, 6.07) is 13.0. The minimum Gasteiger partial charge on any atom is -0.372 e. The van der Waals surface area contributed by atoms with E-state index in [-0.39, 0.29) is 6.10 Å². The first kappa shape index (κ1) is 13.3. The number of benzene rings is 1. The predicted octanol–water partition coefficient (Wildman–Crippen LogP) is 3.05. The van der Waals surface area contributed by atoms with Crippen molar-refractivity contribution < 1.29 is 4.74 Å². The first-order chi connectivity index (χ1) is 9.84. The number of pyridine rings is 1. The second kappa shape index (κ2) is 6.16. The summed E-state index contributed by atoms with van der Waals surface area (Å²) in [5.74, 6) is 0. The van der Waals surface area contributed by atoms with Gasteiger partial charge in [0, 0.05) is 25.0 Å². The van der Waals surface area contributed by atoms with Crippen molar-refractivity contribution in [1.29, 1.82) is 0 Å². The highest BCUT2D eigenvalue weighted by molar-refractivity contribution is 5.31. The molecule has 2 heterocycles. The van der Waals surface area contributed by atoms with Crippen LogP contribution in [0.3, 0.4) is 0 Å². The summed E-state index contributed by atoms with van der Waals surface area (Å²) in [6.45, 7) is 3.82. The number of rotatable bonds is 4. The second-order valence-corrected chi connectivity index (χ2v) is 5.22. The number of hydrogen-bond acceptors (Lipinski definition) is 3. The van der Waals surface area contributed by atoms with Gasteiger partial charge in [-0.1, -0.05) is 24.3 Å². The SMILES string of the molecule is C[C@@H](NCC1OCCc2ccccc21)c1ccncc1. The summed E-state index contributed by atoms with van der Waals surface area (Å²) >= 11 is 0. The number of nitrogens with zero attached hydrogens (tertiary/aromatic N) is 1. The lowest BCUT2D eigenvalue weighted by Gasteiger charge is -2.27. The van der Waals surface area contributed by atoms with Gasteiger partial charge in [-0.15, -0.1) is 0 Å². The molecule has 0 bridgehead atoms. The van der Waals surface area contributed by atoms with Gasteiger partial charge in [-0.05, 0) is 42.2 Å². The van der Waals surface area contributed by atoms with Gasteiger partial charge in [0.1, 0.15) is 0 Å². The number of hydrogen-bond donors (Lipinski definition) is 1. The molecule has 1 aromatic heterocycles. The van der Waals surface area contributed by atoms with Crippen molar-refractivity contribution in [3.63, 3.8) is 0 Å². The van der Waals surface area contributed by atoms with E-state index in [1.807, 2.05) is 24.5 Å². The van der Waals surface area contributed by atoms with Crippen molar-refractivity contribution in [3.05, 3.63) is 65.5 Å². The lowest BCUT2D eigenvalue weighted by molar-refractivity contribution is 0.0410. The summed E-state index contributed by atoms with van der Waals surface area (Å²) in [7, 11) is 0. The molecule has 1 aliphatic heterocycles. The minimum atomic E-state index is 0.157. The van der Waals surface area contributed by atoms with Crippen LogP contribution < -0.4 is 5.32 Å². The topological polar surface area (TPSA) is 34.1 Å². The normalized spacial score (nSPS) is 19.4. The molecule has 0 spiro atoms. The Morgan fingerprint density at radius 2 is 2.05 bits per heavy atom. The average Bonchev–Trinajstić information content (AvgIpc) is 2.53. The molecule has 0 amide bonds. The summed E-state index contributed by atoms with van der Waals surface area (Å²) < 4.78 is 5.92. The van der Waals surface area contributed by atoms with Gasteiger partial charge >= 0.3 is 0 Å². The Morgan fingerprint density at radius 1 is 1.25 bits per heavy atom. The van der Waals surface area contributed by atoms with Crippen LogP contribution in [0, 0.1) is 0 Å². The van der Waals surface area contributed by atoms with Crippen LogP contribution in [-0.2, 0) is 11.2 Å². The maximum absolute atomic E-state index is 5.92. The van der Waals surface area contributed by atoms with E-state index >= 15 is 0 Å². The fourth-order valence-electron chi connectivity index (χ4n) is 2.70. The zero-order valence-electron chi connectivity index (χ0n) is 11.8. The van der Waals surface area contributed by atoms with Gasteiger partial charge in [0.25, 0.3) is 0 Å². The molecule has 0 saturated heterocycles. The second-order valence-electron chi connectivity index (χ2n) is 5.22. The summed E-state index contributed by atoms with van der Waals surface area (Å²) in [5.41, 5.74) is 4.00. The third kappa shape index (κ3) is 2.89. The molecule has 2 atom stereocenters. The van der Waals surface area contributed by atoms with E-state index in [1.165, 1.54) is 16.7 Å². The molecule has 3 rings (SSSR count). The standard InChI is InChI=1S/C17H20N2O/c1-13(14-6-9-18-10-7-14)19-12-17-16-5-3-2-4-15(16)8-11-20-17/h2-7,9-10,13,17,19H,8,11-12H2,1H3/t13-,17?/m1/s1. The van der Waals surface area contributed by atoms with Gasteiger partial charge < -0.3 is 10.1 Å². The monoisotopic (exact) mass is 268 g/mol. The number of nitrogens with one attached hydrogen (secondary N) is 1. The van der Waals surface area contributed by atoms with E-state index < -0.39 is 0 Å². The molecule has 1 aliphatic rings. The van der Waals surface area contributed by atoms with Crippen molar-refractivity contribution in [3.8, 4) is 0 Å². The molecule has 0 saturated carbocycles. The smallest absolute Gasteiger partial charge is 0.0952 e. The highest BCUT2D eigenvalue weighted by Gasteiger charge is 2.20. The van der Waals surface area contributed by atoms with Crippen molar-refractivity contribution in [2.75, 3.05) is 13.2 Å². The highest BCUT2D eigenvalue weighted by Crippen LogP contribution is 2.26. The van der Waals surface area contributed by atoms with Crippen LogP contribution in [0.4, 0.5) is 0 Å². The molecule has 1 N–H and O–H groups in total. The van der Waals surface area contributed by atoms with E-state index in [0.717, 1.165) is 19.6 Å². The molecule has 3 nitrogen and oxygen atoms in total. The Labute approximate surface area is 120 Å². The fourth-order valence-corrected chi connectivity index (χ4v) is 2.70. The van der Waals surface area contributed by atoms with E-state index in [4.69, 9.17) is 4.74 Å². The van der Waals surface area contributed by atoms with Gasteiger partial charge in [0.2, 0.25) is 0 Å². The zero-order valence-corrected chi connectivity index (χ0v) is 11.8. The van der Waals surface area contributed by atoms with Crippen LogP contribution in [0.2, 0.25) is 0 Å². The zero-order chi connectivity index (χ0) is 13.8. The highest BCUT2D eigenvalue weighted by atomic mass is 16.5. The third-order valence-corrected chi connectivity index (χ3v) is 3.91. The van der Waals surface area contributed by atoms with Gasteiger partial charge in [-0.3, -0.25) is 4.98 Å². The van der Waals surface area contributed by atoms with E-state index in [1.54, 1.807) is 0 Å². The minimum absolute atomic E-state index is 0.157. The Bertz CT molecular complexity index is 556. The van der Waals surface area contributed by atoms with Gasteiger partial charge in [0.15, 0.2) is 0 Å². The van der Waals surface area contributed by atoms with Crippen molar-refractivity contribution in [2.24, 2.45) is 0 Å². The largest absolute Gasteiger partial charge is 0.372 e. The van der Waals surface area contributed by atoms with Crippen LogP contribution in [0.25, 0.3) is 0 Å². The van der Waals surface area contributed by atoms with Gasteiger partial charge in [0.05, 0.1) is 12.7 Å². The summed E-state index contributed by atoms with van der Waals surface area (Å²) in [4.78, 5) is 4.06. The lowest BCUT2D eigenvalue weighted by atomic mass is 9.97. The molecule has 0 aliphatic carbocycles. The Balaban J connectivity index is 1.65. The average molecular weight is 268 g/mol. The maximum atomic E-state index is 5.92. The van der Waals surface area contributed by atoms with Crippen molar-refractivity contribution in [1.82, 2.24) is 10.3 Å². The van der Waals surface area contributed by atoms with Gasteiger partial charge in [-0.25, -0.2) is 0 Å². The Hall–Kier alpha value is -1.71. The molecule has 2 aromatic rings. The molecular weight excluding hydrogens is 248 g/mol. The van der Waals surface area contributed by atoms with Gasteiger partial charge in [-0.2, -0.15) is 0 Å². The first-order valence-corrected chi connectivity index (χ1v) is 7.17. The Morgan fingerprint density at radius 3 is 2.90 bits per heavy atom. The molecule has 0 radical (unpaired) electrons. The lowest BCUT2D eigenvalue weighted by Crippen LogP contribution is -2.29. The van der Waals surface area contributed by atoms with Crippen LogP contribution in [-0.4, -0.2) is 18.1 Å². The van der Waals surface area contributed by atoms with Crippen LogP contribution in [0.15, 0.2) is 48.8 Å². The molecular formula is C17H20N2O. The molecule has 0 fully saturated rings. The first-order valence-electron chi connectivity index (χ1n) is 7.17. The number of ether oxygens (including phenoxy) is 1. The predicted molar refractivity (Wildman–Crippen MR) is 79.5 cm³/mol. The molecule has 3 heteroatoms. The van der Waals surface area contributed by atoms with E-state index in [0.29, 0.717) is 6.04 Å². The maximum Gasteiger partial charge on any atom is 0.0952 e. The molecule has 20 heavy (non-hydrogen) atoms. The molecule has 1 unspecified atom stereocenters. The van der Waals surface area contributed by atoms with Crippen molar-refractivity contribution in [2.45, 2.75) is 25.5 Å². The summed E-state index contributed by atoms with van der Waals surface area (Å²) in [6.07, 6.45) is 4.84. The molecule has 104 valence electrons. The number of aromatic nitrogens is 1. The summed E-state index contributed by atoms with van der Waals surface area (Å²) in [5, 5.41) is 3.56. The third-order valence-electron chi connectivity index (χ3n) is 3.91. The van der Waals surface area contributed by atoms with Crippen LogP contribution in [0.1, 0.15) is 35.8 Å². The van der Waals surface area contributed by atoms with E-state index in [9.17, 15) is 0 Å². The van der Waals surface area contributed by atoms with Crippen LogP contribution in [0.5, 0.6) is 0 Å². The van der Waals surface area contributed by atoms with E-state index in [2.05, 4.69) is 41.5 Å². The quantitative estimate of drug-likeness (QED) is 0.925. The van der Waals surface area contributed by atoms with Crippen molar-refractivity contribution >= 4 is 0 Å². The van der Waals surface area contributed by atoms with Crippen LogP contribution >= 0.6 is 0 Å². The fraction of sp³-hybridized carbons (Fsp3) is 0.353.